The van der Waals surface area contributed by atoms with Gasteiger partial charge in [0.2, 0.25) is 0 Å². The average molecular weight is 302 g/mol. The second kappa shape index (κ2) is 6.74. The SMILES string of the molecule is CN(CCS(C)(=O)=O)Cc1occc1CNC(C)(C)C. The number of nitrogens with one attached hydrogen (secondary N) is 1. The van der Waals surface area contributed by atoms with Gasteiger partial charge >= 0.3 is 0 Å². The van der Waals surface area contributed by atoms with E-state index in [9.17, 15) is 8.42 Å². The molecule has 0 fully saturated rings. The van der Waals surface area contributed by atoms with Gasteiger partial charge in [0.25, 0.3) is 0 Å². The van der Waals surface area contributed by atoms with Crippen molar-refractivity contribution in [2.75, 3.05) is 25.6 Å². The van der Waals surface area contributed by atoms with E-state index in [1.54, 1.807) is 6.26 Å². The fourth-order valence-corrected chi connectivity index (χ4v) is 2.31. The van der Waals surface area contributed by atoms with Crippen LogP contribution in [-0.4, -0.2) is 44.5 Å². The maximum absolute atomic E-state index is 11.2. The largest absolute Gasteiger partial charge is 0.468 e. The summed E-state index contributed by atoms with van der Waals surface area (Å²) >= 11 is 0. The van der Waals surface area contributed by atoms with Gasteiger partial charge in [0.05, 0.1) is 18.6 Å². The molecule has 0 aliphatic carbocycles. The van der Waals surface area contributed by atoms with Crippen LogP contribution in [0.4, 0.5) is 0 Å². The minimum absolute atomic E-state index is 0.0523. The Morgan fingerprint density at radius 1 is 1.35 bits per heavy atom. The summed E-state index contributed by atoms with van der Waals surface area (Å²) in [6.45, 7) is 8.21. The second-order valence-electron chi connectivity index (χ2n) is 6.34. The van der Waals surface area contributed by atoms with Crippen LogP contribution < -0.4 is 5.32 Å². The lowest BCUT2D eigenvalue weighted by Crippen LogP contribution is -2.35. The molecule has 1 rings (SSSR count). The van der Waals surface area contributed by atoms with Crippen molar-refractivity contribution in [3.05, 3.63) is 23.7 Å². The summed E-state index contributed by atoms with van der Waals surface area (Å²) < 4.78 is 27.8. The molecular weight excluding hydrogens is 276 g/mol. The second-order valence-corrected chi connectivity index (χ2v) is 8.60. The number of furan rings is 1. The first-order valence-electron chi connectivity index (χ1n) is 6.73. The van der Waals surface area contributed by atoms with E-state index >= 15 is 0 Å². The molecule has 0 spiro atoms. The van der Waals surface area contributed by atoms with Crippen molar-refractivity contribution in [2.45, 2.75) is 39.4 Å². The topological polar surface area (TPSA) is 62.6 Å². The molecule has 0 atom stereocenters. The lowest BCUT2D eigenvalue weighted by Gasteiger charge is -2.21. The Labute approximate surface area is 122 Å². The molecule has 1 aromatic heterocycles. The summed E-state index contributed by atoms with van der Waals surface area (Å²) in [5.74, 6) is 1.05. The summed E-state index contributed by atoms with van der Waals surface area (Å²) in [5.41, 5.74) is 1.17. The summed E-state index contributed by atoms with van der Waals surface area (Å²) in [4.78, 5) is 1.96. The molecule has 6 heteroatoms. The quantitative estimate of drug-likeness (QED) is 0.829. The highest BCUT2D eigenvalue weighted by Crippen LogP contribution is 2.14. The van der Waals surface area contributed by atoms with Gasteiger partial charge in [0, 0.05) is 30.4 Å². The van der Waals surface area contributed by atoms with Gasteiger partial charge in [0.15, 0.2) is 0 Å². The number of nitrogens with zero attached hydrogens (tertiary/aromatic N) is 1. The van der Waals surface area contributed by atoms with Crippen LogP contribution in [0.3, 0.4) is 0 Å². The average Bonchev–Trinajstić information content (AvgIpc) is 2.69. The van der Waals surface area contributed by atoms with Crippen LogP contribution in [0.1, 0.15) is 32.1 Å². The number of sulfone groups is 1. The summed E-state index contributed by atoms with van der Waals surface area (Å²) in [6, 6.07) is 1.96. The smallest absolute Gasteiger partial charge is 0.148 e. The van der Waals surface area contributed by atoms with Gasteiger partial charge in [-0.25, -0.2) is 8.42 Å². The van der Waals surface area contributed by atoms with E-state index in [2.05, 4.69) is 26.1 Å². The molecule has 116 valence electrons. The monoisotopic (exact) mass is 302 g/mol. The minimum atomic E-state index is -2.92. The minimum Gasteiger partial charge on any atom is -0.468 e. The fourth-order valence-electron chi connectivity index (χ4n) is 1.67. The van der Waals surface area contributed by atoms with Crippen LogP contribution in [0.5, 0.6) is 0 Å². The predicted octanol–water partition coefficient (Wildman–Crippen LogP) is 1.64. The summed E-state index contributed by atoms with van der Waals surface area (Å²) in [7, 11) is -1.02. The van der Waals surface area contributed by atoms with Crippen LogP contribution in [0.25, 0.3) is 0 Å². The Bertz CT molecular complexity index is 515. The molecule has 5 nitrogen and oxygen atoms in total. The van der Waals surface area contributed by atoms with E-state index in [1.165, 1.54) is 6.26 Å². The zero-order valence-electron chi connectivity index (χ0n) is 13.1. The summed E-state index contributed by atoms with van der Waals surface area (Å²) in [5, 5.41) is 3.42. The first kappa shape index (κ1) is 17.2. The van der Waals surface area contributed by atoms with Crippen LogP contribution in [0.2, 0.25) is 0 Å². The van der Waals surface area contributed by atoms with Crippen molar-refractivity contribution in [1.29, 1.82) is 0 Å². The maximum atomic E-state index is 11.2. The molecule has 1 aromatic rings. The third kappa shape index (κ3) is 7.07. The Hall–Kier alpha value is -0.850. The van der Waals surface area contributed by atoms with Crippen molar-refractivity contribution in [3.63, 3.8) is 0 Å². The molecule has 0 bridgehead atoms. The lowest BCUT2D eigenvalue weighted by molar-refractivity contribution is 0.306. The molecule has 0 amide bonds. The number of hydrogen-bond acceptors (Lipinski definition) is 5. The van der Waals surface area contributed by atoms with Crippen molar-refractivity contribution in [1.82, 2.24) is 10.2 Å². The Morgan fingerprint density at radius 2 is 2.00 bits per heavy atom. The normalized spacial score (nSPS) is 13.1. The summed E-state index contributed by atoms with van der Waals surface area (Å²) in [6.07, 6.45) is 2.94. The zero-order chi connectivity index (χ0) is 15.4. The van der Waals surface area contributed by atoms with Crippen molar-refractivity contribution in [3.8, 4) is 0 Å². The highest BCUT2D eigenvalue weighted by atomic mass is 32.2. The number of hydrogen-bond donors (Lipinski definition) is 1. The van der Waals surface area contributed by atoms with Crippen LogP contribution in [0.15, 0.2) is 16.7 Å². The van der Waals surface area contributed by atoms with Gasteiger partial charge in [-0.05, 0) is 33.9 Å². The first-order valence-corrected chi connectivity index (χ1v) is 8.79. The molecule has 0 aliphatic rings. The fraction of sp³-hybridized carbons (Fsp3) is 0.714. The zero-order valence-corrected chi connectivity index (χ0v) is 13.9. The molecule has 0 radical (unpaired) electrons. The van der Waals surface area contributed by atoms with E-state index in [-0.39, 0.29) is 11.3 Å². The van der Waals surface area contributed by atoms with E-state index < -0.39 is 9.84 Å². The number of rotatable bonds is 7. The van der Waals surface area contributed by atoms with Gasteiger partial charge < -0.3 is 9.73 Å². The van der Waals surface area contributed by atoms with Crippen molar-refractivity contribution < 1.29 is 12.8 Å². The molecule has 0 unspecified atom stereocenters. The van der Waals surface area contributed by atoms with Gasteiger partial charge in [0.1, 0.15) is 15.6 Å². The van der Waals surface area contributed by atoms with Crippen LogP contribution in [-0.2, 0) is 22.9 Å². The molecule has 0 aliphatic heterocycles. The molecule has 0 saturated heterocycles. The van der Waals surface area contributed by atoms with E-state index in [4.69, 9.17) is 4.42 Å². The third-order valence-electron chi connectivity index (χ3n) is 2.90. The lowest BCUT2D eigenvalue weighted by atomic mass is 10.1. The van der Waals surface area contributed by atoms with Crippen molar-refractivity contribution in [2.24, 2.45) is 0 Å². The van der Waals surface area contributed by atoms with Crippen LogP contribution in [0, 0.1) is 0 Å². The van der Waals surface area contributed by atoms with Gasteiger partial charge in [-0.15, -0.1) is 0 Å². The predicted molar refractivity (Wildman–Crippen MR) is 81.3 cm³/mol. The van der Waals surface area contributed by atoms with Crippen LogP contribution >= 0.6 is 0 Å². The maximum Gasteiger partial charge on any atom is 0.148 e. The van der Waals surface area contributed by atoms with Gasteiger partial charge in [-0.3, -0.25) is 4.90 Å². The highest BCUT2D eigenvalue weighted by molar-refractivity contribution is 7.90. The molecule has 0 saturated carbocycles. The van der Waals surface area contributed by atoms with E-state index in [1.807, 2.05) is 18.0 Å². The molecule has 0 aromatic carbocycles. The molecule has 1 heterocycles. The first-order chi connectivity index (χ1) is 9.07. The van der Waals surface area contributed by atoms with E-state index in [0.29, 0.717) is 13.1 Å². The standard InChI is InChI=1S/C14H26N2O3S/c1-14(2,3)15-10-12-6-8-19-13(12)11-16(4)7-9-20(5,17)18/h6,8,15H,7,9-11H2,1-5H3. The molecule has 1 N–H and O–H groups in total. The Balaban J connectivity index is 2.54. The van der Waals surface area contributed by atoms with Gasteiger partial charge in [-0.2, -0.15) is 0 Å². The van der Waals surface area contributed by atoms with Gasteiger partial charge in [-0.1, -0.05) is 0 Å². The van der Waals surface area contributed by atoms with E-state index in [0.717, 1.165) is 17.9 Å². The van der Waals surface area contributed by atoms with Crippen molar-refractivity contribution >= 4 is 9.84 Å². The molecule has 20 heavy (non-hydrogen) atoms. The highest BCUT2D eigenvalue weighted by Gasteiger charge is 2.14. The Morgan fingerprint density at radius 3 is 2.55 bits per heavy atom. The molecular formula is C14H26N2O3S. The third-order valence-corrected chi connectivity index (χ3v) is 3.83. The Kier molecular flexibility index (Phi) is 5.79.